The fraction of sp³-hybridized carbons (Fsp3) is 0.304. The van der Waals surface area contributed by atoms with Crippen molar-refractivity contribution in [2.75, 3.05) is 24.3 Å². The first-order chi connectivity index (χ1) is 16.0. The van der Waals surface area contributed by atoms with E-state index in [2.05, 4.69) is 27.2 Å². The van der Waals surface area contributed by atoms with Crippen LogP contribution in [-0.4, -0.2) is 46.1 Å². The second-order valence-electron chi connectivity index (χ2n) is 7.69. The number of nitrogens with zero attached hydrogens (tertiary/aromatic N) is 3. The number of thiophene rings is 1. The summed E-state index contributed by atoms with van der Waals surface area (Å²) in [7, 11) is 1.58. The lowest BCUT2D eigenvalue weighted by Crippen LogP contribution is -2.35. The van der Waals surface area contributed by atoms with Crippen LogP contribution in [0, 0.1) is 0 Å². The van der Waals surface area contributed by atoms with Crippen LogP contribution < -0.4 is 15.4 Å². The molecule has 0 saturated carbocycles. The second kappa shape index (κ2) is 10.3. The second-order valence-corrected chi connectivity index (χ2v) is 8.69. The Balaban J connectivity index is 1.20. The highest BCUT2D eigenvalue weighted by Gasteiger charge is 2.21. The first-order valence-electron chi connectivity index (χ1n) is 10.6. The molecule has 4 rings (SSSR count). The number of carbonyl (C=O) groups excluding carboxylic acids is 3. The zero-order chi connectivity index (χ0) is 23.2. The number of methoxy groups -OCH3 is 1. The van der Waals surface area contributed by atoms with Crippen LogP contribution in [0.2, 0.25) is 0 Å². The third kappa shape index (κ3) is 5.98. The van der Waals surface area contributed by atoms with Gasteiger partial charge in [0.05, 0.1) is 19.0 Å². The number of ether oxygens (including phenoxy) is 1. The minimum atomic E-state index is -0.265. The number of aromatic nitrogens is 2. The van der Waals surface area contributed by atoms with Crippen molar-refractivity contribution < 1.29 is 19.1 Å². The molecule has 3 heterocycles. The first kappa shape index (κ1) is 22.5. The van der Waals surface area contributed by atoms with E-state index in [0.717, 1.165) is 6.42 Å². The summed E-state index contributed by atoms with van der Waals surface area (Å²) in [6.45, 7) is 1.31. The molecule has 172 valence electrons. The van der Waals surface area contributed by atoms with Crippen molar-refractivity contribution >= 4 is 40.4 Å². The predicted molar refractivity (Wildman–Crippen MR) is 125 cm³/mol. The number of hydrogen-bond acceptors (Lipinski definition) is 6. The average molecular weight is 468 g/mol. The summed E-state index contributed by atoms with van der Waals surface area (Å²) in [5.41, 5.74) is 2.33. The average Bonchev–Trinajstić information content (AvgIpc) is 3.46. The number of anilines is 2. The molecule has 10 heteroatoms. The van der Waals surface area contributed by atoms with E-state index >= 15 is 0 Å². The third-order valence-corrected chi connectivity index (χ3v) is 6.35. The summed E-state index contributed by atoms with van der Waals surface area (Å²) >= 11 is 1.73. The van der Waals surface area contributed by atoms with E-state index in [9.17, 15) is 14.4 Å². The number of nitrogens with one attached hydrogen (secondary N) is 2. The van der Waals surface area contributed by atoms with E-state index in [4.69, 9.17) is 4.74 Å². The van der Waals surface area contributed by atoms with E-state index < -0.39 is 0 Å². The van der Waals surface area contributed by atoms with Crippen LogP contribution in [0.5, 0.6) is 5.75 Å². The lowest BCUT2D eigenvalue weighted by atomic mass is 10.1. The molecule has 9 nitrogen and oxygen atoms in total. The highest BCUT2D eigenvalue weighted by molar-refractivity contribution is 7.10. The number of benzene rings is 1. The van der Waals surface area contributed by atoms with Gasteiger partial charge in [0, 0.05) is 42.7 Å². The van der Waals surface area contributed by atoms with E-state index in [1.165, 1.54) is 21.3 Å². The maximum absolute atomic E-state index is 12.5. The molecule has 0 radical (unpaired) electrons. The van der Waals surface area contributed by atoms with Crippen molar-refractivity contribution in [1.29, 1.82) is 0 Å². The van der Waals surface area contributed by atoms with Gasteiger partial charge in [0.25, 0.3) is 0 Å². The van der Waals surface area contributed by atoms with Crippen molar-refractivity contribution in [1.82, 2.24) is 14.7 Å². The van der Waals surface area contributed by atoms with Crippen molar-refractivity contribution in [3.63, 3.8) is 0 Å². The quantitative estimate of drug-likeness (QED) is 0.530. The molecule has 0 fully saturated rings. The molecular formula is C23H25N5O4S. The van der Waals surface area contributed by atoms with Gasteiger partial charge in [-0.15, -0.1) is 11.3 Å². The predicted octanol–water partition coefficient (Wildman–Crippen LogP) is 2.90. The van der Waals surface area contributed by atoms with Gasteiger partial charge in [0.1, 0.15) is 12.3 Å². The minimum Gasteiger partial charge on any atom is -0.497 e. The van der Waals surface area contributed by atoms with Gasteiger partial charge >= 0.3 is 0 Å². The van der Waals surface area contributed by atoms with Gasteiger partial charge in [-0.1, -0.05) is 0 Å². The fourth-order valence-electron chi connectivity index (χ4n) is 3.60. The Kier molecular flexibility index (Phi) is 7.04. The van der Waals surface area contributed by atoms with Crippen LogP contribution in [-0.2, 0) is 33.9 Å². The normalized spacial score (nSPS) is 12.7. The SMILES string of the molecule is COc1ccc(NC(=O)Cn2cc(NC(=O)CCC(=O)N3CCc4sccc4C3)cn2)cc1. The number of hydrogen-bond donors (Lipinski definition) is 2. The molecule has 0 spiro atoms. The minimum absolute atomic E-state index is 0.0000824. The van der Waals surface area contributed by atoms with Crippen LogP contribution >= 0.6 is 11.3 Å². The van der Waals surface area contributed by atoms with Crippen molar-refractivity contribution in [3.05, 3.63) is 58.5 Å². The van der Waals surface area contributed by atoms with Crippen LogP contribution in [0.3, 0.4) is 0 Å². The monoisotopic (exact) mass is 467 g/mol. The zero-order valence-electron chi connectivity index (χ0n) is 18.2. The molecule has 3 aromatic rings. The summed E-state index contributed by atoms with van der Waals surface area (Å²) in [5, 5.41) is 11.7. The van der Waals surface area contributed by atoms with E-state index in [-0.39, 0.29) is 37.1 Å². The van der Waals surface area contributed by atoms with Crippen molar-refractivity contribution in [3.8, 4) is 5.75 Å². The summed E-state index contributed by atoms with van der Waals surface area (Å²) < 4.78 is 6.53. The van der Waals surface area contributed by atoms with Crippen molar-refractivity contribution in [2.45, 2.75) is 32.4 Å². The molecule has 0 bridgehead atoms. The maximum atomic E-state index is 12.5. The molecule has 1 aliphatic rings. The van der Waals surface area contributed by atoms with Crippen LogP contribution in [0.15, 0.2) is 48.1 Å². The van der Waals surface area contributed by atoms with E-state index in [1.807, 2.05) is 4.90 Å². The van der Waals surface area contributed by atoms with Gasteiger partial charge in [-0.2, -0.15) is 5.10 Å². The molecule has 0 aliphatic carbocycles. The smallest absolute Gasteiger partial charge is 0.246 e. The number of carbonyl (C=O) groups is 3. The van der Waals surface area contributed by atoms with Crippen LogP contribution in [0.25, 0.3) is 0 Å². The van der Waals surface area contributed by atoms with E-state index in [1.54, 1.807) is 48.9 Å². The Hall–Kier alpha value is -3.66. The Morgan fingerprint density at radius 1 is 1.06 bits per heavy atom. The summed E-state index contributed by atoms with van der Waals surface area (Å²) in [4.78, 5) is 40.1. The molecular weight excluding hydrogens is 442 g/mol. The van der Waals surface area contributed by atoms with Gasteiger partial charge in [-0.05, 0) is 47.7 Å². The summed E-state index contributed by atoms with van der Waals surface area (Å²) in [6.07, 6.45) is 4.17. The van der Waals surface area contributed by atoms with Gasteiger partial charge in [0.2, 0.25) is 17.7 Å². The molecule has 2 N–H and O–H groups in total. The van der Waals surface area contributed by atoms with Crippen LogP contribution in [0.1, 0.15) is 23.3 Å². The van der Waals surface area contributed by atoms with Gasteiger partial charge < -0.3 is 20.3 Å². The van der Waals surface area contributed by atoms with Crippen LogP contribution in [0.4, 0.5) is 11.4 Å². The molecule has 0 saturated heterocycles. The lowest BCUT2D eigenvalue weighted by molar-refractivity contribution is -0.133. The molecule has 33 heavy (non-hydrogen) atoms. The standard InChI is InChI=1S/C23H25N5O4S/c1-32-19-4-2-17(3-5-19)25-22(30)15-28-14-18(12-24-28)26-21(29)6-7-23(31)27-10-8-20-16(13-27)9-11-33-20/h2-5,9,11-12,14H,6-8,10,13,15H2,1H3,(H,25,30)(H,26,29). The van der Waals surface area contributed by atoms with Gasteiger partial charge in [-0.3, -0.25) is 19.1 Å². The molecule has 1 aromatic carbocycles. The molecule has 2 aromatic heterocycles. The summed E-state index contributed by atoms with van der Waals surface area (Å²) in [5.74, 6) is 0.170. The Morgan fingerprint density at radius 3 is 2.64 bits per heavy atom. The Bertz CT molecular complexity index is 1140. The first-order valence-corrected chi connectivity index (χ1v) is 11.5. The maximum Gasteiger partial charge on any atom is 0.246 e. The summed E-state index contributed by atoms with van der Waals surface area (Å²) in [6, 6.07) is 9.06. The lowest BCUT2D eigenvalue weighted by Gasteiger charge is -2.27. The number of rotatable bonds is 8. The largest absolute Gasteiger partial charge is 0.497 e. The molecule has 0 unspecified atom stereocenters. The topological polar surface area (TPSA) is 106 Å². The van der Waals surface area contributed by atoms with Crippen molar-refractivity contribution in [2.24, 2.45) is 0 Å². The molecule has 3 amide bonds. The fourth-order valence-corrected chi connectivity index (χ4v) is 4.49. The van der Waals surface area contributed by atoms with E-state index in [0.29, 0.717) is 30.2 Å². The van der Waals surface area contributed by atoms with Gasteiger partial charge in [-0.25, -0.2) is 0 Å². The highest BCUT2D eigenvalue weighted by Crippen LogP contribution is 2.24. The third-order valence-electron chi connectivity index (χ3n) is 5.32. The Morgan fingerprint density at radius 2 is 1.85 bits per heavy atom. The Labute approximate surface area is 195 Å². The number of fused-ring (bicyclic) bond motifs is 1. The zero-order valence-corrected chi connectivity index (χ0v) is 19.1. The molecule has 1 aliphatic heterocycles. The number of amides is 3. The molecule has 0 atom stereocenters. The van der Waals surface area contributed by atoms with Gasteiger partial charge in [0.15, 0.2) is 0 Å². The highest BCUT2D eigenvalue weighted by atomic mass is 32.1.